The minimum Gasteiger partial charge on any atom is -0.496 e. The van der Waals surface area contributed by atoms with Gasteiger partial charge in [0, 0.05) is 38.4 Å². The predicted molar refractivity (Wildman–Crippen MR) is 218 cm³/mol. The first-order valence-corrected chi connectivity index (χ1v) is 20.5. The second-order valence-corrected chi connectivity index (χ2v) is 19.6. The lowest BCUT2D eigenvalue weighted by molar-refractivity contribution is -0.00614. The first-order chi connectivity index (χ1) is 24.9. The second-order valence-electron chi connectivity index (χ2n) is 18.5. The Morgan fingerprint density at radius 2 is 1.56 bits per heavy atom. The zero-order valence-electron chi connectivity index (χ0n) is 32.4. The maximum absolute atomic E-state index is 9.75. The molecule has 3 nitrogen and oxygen atoms in total. The molecule has 1 heterocycles. The Balaban J connectivity index is 1.18. The van der Waals surface area contributed by atoms with E-state index in [1.165, 1.54) is 87.5 Å². The SMILES string of the molecule is COc1ccc(N2c3cc(C)c(C=CC4=C(Sc5ccccc5)C(=CC#N)CC(C)(C)C4)cc3C(C)CC2(C)C)cc1C12CC3CC(CC(C3)C1)C2. The number of aryl methyl sites for hydroxylation is 1. The molecule has 4 heteroatoms. The monoisotopic (exact) mass is 708 g/mol. The van der Waals surface area contributed by atoms with Gasteiger partial charge in [0.05, 0.1) is 13.2 Å². The molecule has 4 fully saturated rings. The fourth-order valence-electron chi connectivity index (χ4n) is 11.7. The summed E-state index contributed by atoms with van der Waals surface area (Å²) in [5.41, 5.74) is 10.9. The second kappa shape index (κ2) is 13.3. The van der Waals surface area contributed by atoms with Crippen LogP contribution in [0.1, 0.15) is 121 Å². The molecule has 5 aliphatic carbocycles. The summed E-state index contributed by atoms with van der Waals surface area (Å²) >= 11 is 1.80. The zero-order chi connectivity index (χ0) is 36.4. The summed E-state index contributed by atoms with van der Waals surface area (Å²) in [7, 11) is 1.87. The minimum atomic E-state index is -0.0327. The molecule has 6 aliphatic rings. The van der Waals surface area contributed by atoms with E-state index in [2.05, 4.69) is 125 Å². The van der Waals surface area contributed by atoms with E-state index in [9.17, 15) is 5.26 Å². The van der Waals surface area contributed by atoms with Gasteiger partial charge in [-0.05, 0) is 183 Å². The van der Waals surface area contributed by atoms with Crippen molar-refractivity contribution in [3.05, 3.63) is 111 Å². The largest absolute Gasteiger partial charge is 0.496 e. The van der Waals surface area contributed by atoms with E-state index in [-0.39, 0.29) is 16.4 Å². The van der Waals surface area contributed by atoms with Crippen LogP contribution in [0.2, 0.25) is 0 Å². The summed E-state index contributed by atoms with van der Waals surface area (Å²) < 4.78 is 6.15. The zero-order valence-corrected chi connectivity index (χ0v) is 33.2. The maximum Gasteiger partial charge on any atom is 0.122 e. The summed E-state index contributed by atoms with van der Waals surface area (Å²) in [6, 6.07) is 25.0. The Hall–Kier alpha value is -3.68. The van der Waals surface area contributed by atoms with E-state index in [1.54, 1.807) is 17.8 Å². The van der Waals surface area contributed by atoms with Gasteiger partial charge in [-0.2, -0.15) is 5.26 Å². The van der Waals surface area contributed by atoms with Gasteiger partial charge in [-0.15, -0.1) is 0 Å². The lowest BCUT2D eigenvalue weighted by atomic mass is 9.48. The van der Waals surface area contributed by atoms with Gasteiger partial charge in [-0.1, -0.05) is 62.9 Å². The molecule has 0 aromatic heterocycles. The lowest BCUT2D eigenvalue weighted by Gasteiger charge is -2.57. The summed E-state index contributed by atoms with van der Waals surface area (Å²) in [4.78, 5) is 5.10. The van der Waals surface area contributed by atoms with Crippen LogP contribution >= 0.6 is 11.8 Å². The molecule has 0 N–H and O–H groups in total. The van der Waals surface area contributed by atoms with E-state index < -0.39 is 0 Å². The maximum atomic E-state index is 9.75. The lowest BCUT2D eigenvalue weighted by Crippen LogP contribution is -2.49. The Labute approximate surface area is 317 Å². The Bertz CT molecular complexity index is 1970. The Morgan fingerprint density at radius 1 is 0.865 bits per heavy atom. The number of thioether (sulfide) groups is 1. The van der Waals surface area contributed by atoms with Gasteiger partial charge >= 0.3 is 0 Å². The molecule has 3 aromatic carbocycles. The molecule has 1 unspecified atom stereocenters. The summed E-state index contributed by atoms with van der Waals surface area (Å²) in [6.07, 6.45) is 17.8. The highest BCUT2D eigenvalue weighted by molar-refractivity contribution is 8.03. The molecule has 4 saturated carbocycles. The van der Waals surface area contributed by atoms with Crippen LogP contribution in [-0.2, 0) is 5.41 Å². The van der Waals surface area contributed by atoms with Gasteiger partial charge in [-0.25, -0.2) is 0 Å². The number of nitrogens with zero attached hydrogens (tertiary/aromatic N) is 2. The van der Waals surface area contributed by atoms with Gasteiger partial charge < -0.3 is 9.64 Å². The van der Waals surface area contributed by atoms with Crippen molar-refractivity contribution in [2.24, 2.45) is 23.2 Å². The highest BCUT2D eigenvalue weighted by Crippen LogP contribution is 2.62. The molecule has 0 radical (unpaired) electrons. The highest BCUT2D eigenvalue weighted by atomic mass is 32.2. The van der Waals surface area contributed by atoms with E-state index in [4.69, 9.17) is 4.74 Å². The van der Waals surface area contributed by atoms with Gasteiger partial charge in [0.25, 0.3) is 0 Å². The van der Waals surface area contributed by atoms with Gasteiger partial charge in [0.2, 0.25) is 0 Å². The van der Waals surface area contributed by atoms with Crippen molar-refractivity contribution in [2.45, 2.75) is 121 Å². The average molecular weight is 709 g/mol. The number of fused-ring (bicyclic) bond motifs is 1. The number of hydrogen-bond acceptors (Lipinski definition) is 4. The molecule has 0 saturated heterocycles. The van der Waals surface area contributed by atoms with Crippen molar-refractivity contribution < 1.29 is 4.74 Å². The third-order valence-corrected chi connectivity index (χ3v) is 14.5. The number of rotatable bonds is 7. The normalized spacial score (nSPS) is 29.4. The van der Waals surface area contributed by atoms with Crippen LogP contribution in [0.15, 0.2) is 93.8 Å². The topological polar surface area (TPSA) is 36.3 Å². The van der Waals surface area contributed by atoms with E-state index in [0.717, 1.165) is 48.3 Å². The summed E-state index contributed by atoms with van der Waals surface area (Å²) in [6.45, 7) is 14.2. The molecule has 3 aromatic rings. The Kier molecular flexibility index (Phi) is 9.05. The number of methoxy groups -OCH3 is 1. The van der Waals surface area contributed by atoms with Crippen LogP contribution < -0.4 is 9.64 Å². The molecular weight excluding hydrogens is 653 g/mol. The average Bonchev–Trinajstić information content (AvgIpc) is 3.08. The van der Waals surface area contributed by atoms with E-state index in [0.29, 0.717) is 5.92 Å². The number of nitriles is 1. The fraction of sp³-hybridized carbons (Fsp3) is 0.479. The van der Waals surface area contributed by atoms with Crippen molar-refractivity contribution in [3.8, 4) is 11.8 Å². The first kappa shape index (κ1) is 35.4. The van der Waals surface area contributed by atoms with E-state index in [1.807, 2.05) is 7.11 Å². The fourth-order valence-corrected chi connectivity index (χ4v) is 12.7. The van der Waals surface area contributed by atoms with Crippen LogP contribution in [0.5, 0.6) is 5.75 Å². The number of anilines is 2. The molecule has 1 aliphatic heterocycles. The van der Waals surface area contributed by atoms with Crippen LogP contribution in [-0.4, -0.2) is 12.6 Å². The van der Waals surface area contributed by atoms with Crippen molar-refractivity contribution in [1.82, 2.24) is 0 Å². The van der Waals surface area contributed by atoms with Crippen molar-refractivity contribution >= 4 is 29.2 Å². The van der Waals surface area contributed by atoms with E-state index >= 15 is 0 Å². The number of ether oxygens (including phenoxy) is 1. The molecule has 9 rings (SSSR count). The molecule has 270 valence electrons. The quantitative estimate of drug-likeness (QED) is 0.229. The molecule has 4 bridgehead atoms. The minimum absolute atomic E-state index is 0.0327. The third-order valence-electron chi connectivity index (χ3n) is 13.2. The molecule has 0 amide bonds. The van der Waals surface area contributed by atoms with Crippen LogP contribution in [0, 0.1) is 41.4 Å². The standard InChI is InChI=1S/C48H56N2OS/c1-31-19-43-41(23-36(31)13-14-37-29-46(3,4)30-38(17-18-49)45(37)52-40-11-9-8-10-12-40)32(2)25-47(5,6)50(43)39-15-16-44(51-7)42(24-39)48-26-33-20-34(27-48)22-35(21-33)28-48/h8-17,19,23-24,32-35H,20-22,25-30H2,1-7H3. The van der Waals surface area contributed by atoms with Crippen molar-refractivity contribution in [2.75, 3.05) is 12.0 Å². The third kappa shape index (κ3) is 6.46. The summed E-state index contributed by atoms with van der Waals surface area (Å²) in [5.74, 6) is 4.19. The molecule has 52 heavy (non-hydrogen) atoms. The summed E-state index contributed by atoms with van der Waals surface area (Å²) in [5, 5.41) is 9.75. The number of allylic oxidation sites excluding steroid dienone is 4. The Morgan fingerprint density at radius 3 is 2.21 bits per heavy atom. The smallest absolute Gasteiger partial charge is 0.122 e. The van der Waals surface area contributed by atoms with Crippen LogP contribution in [0.4, 0.5) is 11.4 Å². The first-order valence-electron chi connectivity index (χ1n) is 19.7. The number of hydrogen-bond donors (Lipinski definition) is 0. The molecule has 1 atom stereocenters. The predicted octanol–water partition coefficient (Wildman–Crippen LogP) is 13.2. The van der Waals surface area contributed by atoms with Crippen molar-refractivity contribution in [1.29, 1.82) is 5.26 Å². The number of benzene rings is 3. The molecular formula is C48H56N2OS. The van der Waals surface area contributed by atoms with Crippen LogP contribution in [0.3, 0.4) is 0 Å². The van der Waals surface area contributed by atoms with Gasteiger partial charge in [0.1, 0.15) is 5.75 Å². The molecule has 0 spiro atoms. The van der Waals surface area contributed by atoms with Crippen molar-refractivity contribution in [3.63, 3.8) is 0 Å². The van der Waals surface area contributed by atoms with Gasteiger partial charge in [0.15, 0.2) is 0 Å². The van der Waals surface area contributed by atoms with Gasteiger partial charge in [-0.3, -0.25) is 0 Å². The highest BCUT2D eigenvalue weighted by Gasteiger charge is 2.53. The van der Waals surface area contributed by atoms with Crippen LogP contribution in [0.25, 0.3) is 6.08 Å².